The van der Waals surface area contributed by atoms with Crippen LogP contribution in [0.1, 0.15) is 106 Å². The zero-order valence-corrected chi connectivity index (χ0v) is 21.6. The smallest absolute Gasteiger partial charge is 0.139 e. The highest BCUT2D eigenvalue weighted by Gasteiger charge is 2.53. The molecule has 182 valence electrons. The van der Waals surface area contributed by atoms with Crippen LogP contribution in [-0.4, -0.2) is 22.8 Å². The van der Waals surface area contributed by atoms with E-state index in [2.05, 4.69) is 48.1 Å². The molecular weight excluding hydrogens is 396 g/mol. The second kappa shape index (κ2) is 9.72. The summed E-state index contributed by atoms with van der Waals surface area (Å²) >= 11 is 0. The summed E-state index contributed by atoms with van der Waals surface area (Å²) < 4.78 is 0. The number of fused-ring (bicyclic) bond motifs is 1. The summed E-state index contributed by atoms with van der Waals surface area (Å²) in [6, 6.07) is 0. The van der Waals surface area contributed by atoms with E-state index in [0.29, 0.717) is 42.2 Å². The first-order valence-corrected chi connectivity index (χ1v) is 13.3. The maximum Gasteiger partial charge on any atom is 0.139 e. The van der Waals surface area contributed by atoms with Crippen LogP contribution in [0.3, 0.4) is 0 Å². The van der Waals surface area contributed by atoms with Crippen molar-refractivity contribution in [3.63, 3.8) is 0 Å². The van der Waals surface area contributed by atoms with Gasteiger partial charge in [0.2, 0.25) is 0 Å². The molecule has 3 saturated carbocycles. The zero-order chi connectivity index (χ0) is 23.8. The molecule has 0 amide bonds. The fourth-order valence-electron chi connectivity index (χ4n) is 7.17. The standard InChI is InChI=1S/C29H48O3/c1-18(2)19(3)8-9-20(4)22-16-27(32)28(6,17-22)14-12-24-26(31)11-10-23-21(5)25(30)13-15-29(23,24)7/h18-20,22-25,30H,5,8-17H2,1-4,6-7H3/t19-,20-,22+,23+,24+,25+,28-,29+/m1/s1. The molecule has 0 heterocycles. The Morgan fingerprint density at radius 3 is 2.44 bits per heavy atom. The van der Waals surface area contributed by atoms with Gasteiger partial charge in [-0.2, -0.15) is 0 Å². The lowest BCUT2D eigenvalue weighted by Gasteiger charge is -2.52. The van der Waals surface area contributed by atoms with Gasteiger partial charge in [0.15, 0.2) is 0 Å². The van der Waals surface area contributed by atoms with E-state index < -0.39 is 6.10 Å². The van der Waals surface area contributed by atoms with Crippen LogP contribution in [0.2, 0.25) is 0 Å². The number of carbonyl (C=O) groups excluding carboxylic acids is 2. The summed E-state index contributed by atoms with van der Waals surface area (Å²) in [5.41, 5.74) is 0.546. The number of hydrogen-bond acceptors (Lipinski definition) is 3. The quantitative estimate of drug-likeness (QED) is 0.420. The van der Waals surface area contributed by atoms with E-state index in [9.17, 15) is 14.7 Å². The van der Waals surface area contributed by atoms with Crippen molar-refractivity contribution in [2.75, 3.05) is 0 Å². The lowest BCUT2D eigenvalue weighted by Crippen LogP contribution is -2.49. The maximum absolute atomic E-state index is 13.1. The monoisotopic (exact) mass is 444 g/mol. The number of ketones is 2. The Labute approximate surface area is 196 Å². The molecule has 3 heteroatoms. The van der Waals surface area contributed by atoms with Gasteiger partial charge >= 0.3 is 0 Å². The summed E-state index contributed by atoms with van der Waals surface area (Å²) in [7, 11) is 0. The van der Waals surface area contributed by atoms with E-state index in [4.69, 9.17) is 0 Å². The van der Waals surface area contributed by atoms with Gasteiger partial charge in [0.05, 0.1) is 6.10 Å². The van der Waals surface area contributed by atoms with Crippen LogP contribution >= 0.6 is 0 Å². The molecule has 3 rings (SSSR count). The van der Waals surface area contributed by atoms with Crippen LogP contribution in [0, 0.1) is 46.3 Å². The highest BCUT2D eigenvalue weighted by Crippen LogP contribution is 2.56. The molecule has 0 radical (unpaired) electrons. The highest BCUT2D eigenvalue weighted by atomic mass is 16.3. The molecule has 0 aliphatic heterocycles. The predicted molar refractivity (Wildman–Crippen MR) is 131 cm³/mol. The van der Waals surface area contributed by atoms with Gasteiger partial charge in [-0.1, -0.05) is 61.0 Å². The van der Waals surface area contributed by atoms with E-state index in [-0.39, 0.29) is 22.7 Å². The van der Waals surface area contributed by atoms with Crippen LogP contribution in [0.4, 0.5) is 0 Å². The minimum Gasteiger partial charge on any atom is -0.389 e. The van der Waals surface area contributed by atoms with E-state index in [0.717, 1.165) is 50.0 Å². The average Bonchev–Trinajstić information content (AvgIpc) is 3.03. The Kier molecular flexibility index (Phi) is 7.80. The molecule has 0 aromatic heterocycles. The Balaban J connectivity index is 1.63. The Morgan fingerprint density at radius 2 is 1.78 bits per heavy atom. The molecule has 0 bridgehead atoms. The lowest BCUT2D eigenvalue weighted by atomic mass is 9.52. The van der Waals surface area contributed by atoms with Crippen LogP contribution in [0.15, 0.2) is 12.2 Å². The second-order valence-electron chi connectivity index (χ2n) is 12.7. The number of rotatable bonds is 8. The Morgan fingerprint density at radius 1 is 1.09 bits per heavy atom. The minimum atomic E-state index is -0.420. The van der Waals surface area contributed by atoms with Crippen LogP contribution in [0.25, 0.3) is 0 Å². The number of hydrogen-bond donors (Lipinski definition) is 1. The second-order valence-corrected chi connectivity index (χ2v) is 12.7. The van der Waals surface area contributed by atoms with E-state index in [1.54, 1.807) is 0 Å². The van der Waals surface area contributed by atoms with Crippen molar-refractivity contribution in [1.29, 1.82) is 0 Å². The van der Waals surface area contributed by atoms with Crippen LogP contribution in [-0.2, 0) is 9.59 Å². The minimum absolute atomic E-state index is 0.00140. The molecule has 0 spiro atoms. The molecule has 8 atom stereocenters. The summed E-state index contributed by atoms with van der Waals surface area (Å²) in [5, 5.41) is 10.3. The fourth-order valence-corrected chi connectivity index (χ4v) is 7.17. The van der Waals surface area contributed by atoms with Crippen molar-refractivity contribution in [2.24, 2.45) is 46.3 Å². The Hall–Kier alpha value is -0.960. The average molecular weight is 445 g/mol. The molecule has 3 aliphatic carbocycles. The van der Waals surface area contributed by atoms with Gasteiger partial charge in [0, 0.05) is 24.2 Å². The molecule has 0 aromatic rings. The van der Waals surface area contributed by atoms with Crippen molar-refractivity contribution < 1.29 is 14.7 Å². The molecular formula is C29H48O3. The molecule has 3 nitrogen and oxygen atoms in total. The number of aliphatic hydroxyl groups excluding tert-OH is 1. The third-order valence-corrected chi connectivity index (χ3v) is 10.3. The first-order chi connectivity index (χ1) is 14.9. The van der Waals surface area contributed by atoms with Gasteiger partial charge in [0.25, 0.3) is 0 Å². The molecule has 3 aliphatic rings. The van der Waals surface area contributed by atoms with Gasteiger partial charge in [-0.25, -0.2) is 0 Å². The van der Waals surface area contributed by atoms with E-state index >= 15 is 0 Å². The highest BCUT2D eigenvalue weighted by molar-refractivity contribution is 5.87. The van der Waals surface area contributed by atoms with E-state index in [1.807, 2.05) is 0 Å². The fraction of sp³-hybridized carbons (Fsp3) is 0.862. The third-order valence-electron chi connectivity index (χ3n) is 10.3. The number of Topliss-reactive ketones (excluding diaryl/α,β-unsaturated/α-hetero) is 2. The van der Waals surface area contributed by atoms with E-state index in [1.165, 1.54) is 12.8 Å². The van der Waals surface area contributed by atoms with Gasteiger partial charge in [-0.15, -0.1) is 0 Å². The van der Waals surface area contributed by atoms with Crippen molar-refractivity contribution in [3.8, 4) is 0 Å². The largest absolute Gasteiger partial charge is 0.389 e. The maximum atomic E-state index is 13.1. The van der Waals surface area contributed by atoms with Crippen molar-refractivity contribution >= 4 is 11.6 Å². The van der Waals surface area contributed by atoms with Crippen molar-refractivity contribution in [1.82, 2.24) is 0 Å². The summed E-state index contributed by atoms with van der Waals surface area (Å²) in [6.07, 6.45) is 8.37. The first-order valence-electron chi connectivity index (χ1n) is 13.3. The summed E-state index contributed by atoms with van der Waals surface area (Å²) in [5.74, 6) is 3.54. The number of aliphatic hydroxyl groups is 1. The topological polar surface area (TPSA) is 54.4 Å². The number of carbonyl (C=O) groups is 2. The van der Waals surface area contributed by atoms with Gasteiger partial charge < -0.3 is 5.11 Å². The molecule has 3 fully saturated rings. The van der Waals surface area contributed by atoms with Gasteiger partial charge in [-0.05, 0) is 79.1 Å². The third kappa shape index (κ3) is 4.93. The van der Waals surface area contributed by atoms with Crippen molar-refractivity contribution in [2.45, 2.75) is 112 Å². The molecule has 0 aromatic carbocycles. The van der Waals surface area contributed by atoms with Crippen LogP contribution < -0.4 is 0 Å². The van der Waals surface area contributed by atoms with Crippen LogP contribution in [0.5, 0.6) is 0 Å². The normalized spacial score (nSPS) is 39.9. The molecule has 32 heavy (non-hydrogen) atoms. The molecule has 0 unspecified atom stereocenters. The summed E-state index contributed by atoms with van der Waals surface area (Å²) in [6.45, 7) is 17.9. The molecule has 0 saturated heterocycles. The SMILES string of the molecule is C=C1[C@@H](O)CC[C@@]2(C)[C@H]1CCC(=O)[C@@H]2CC[C@]1(C)C[C@@H]([C@H](C)CC[C@@H](C)C(C)C)CC1=O. The Bertz CT molecular complexity index is 724. The molecule has 1 N–H and O–H groups in total. The first kappa shape index (κ1) is 25.7. The zero-order valence-electron chi connectivity index (χ0n) is 21.6. The van der Waals surface area contributed by atoms with Crippen molar-refractivity contribution in [3.05, 3.63) is 12.2 Å². The lowest BCUT2D eigenvalue weighted by molar-refractivity contribution is -0.137. The summed E-state index contributed by atoms with van der Waals surface area (Å²) in [4.78, 5) is 26.2. The van der Waals surface area contributed by atoms with Gasteiger partial charge in [-0.3, -0.25) is 9.59 Å². The predicted octanol–water partition coefficient (Wildman–Crippen LogP) is 6.77. The van der Waals surface area contributed by atoms with Gasteiger partial charge in [0.1, 0.15) is 11.6 Å².